The normalized spacial score (nSPS) is 16.2. The Morgan fingerprint density at radius 1 is 1.07 bits per heavy atom. The summed E-state index contributed by atoms with van der Waals surface area (Å²) in [6.07, 6.45) is -2.72. The number of carbonyl (C=O) groups is 1. The van der Waals surface area contributed by atoms with Crippen molar-refractivity contribution in [1.29, 1.82) is 0 Å². The number of nitrogens with one attached hydrogen (secondary N) is 2. The maximum atomic E-state index is 12.9. The molecule has 1 aliphatic rings. The minimum absolute atomic E-state index is 0.0699. The number of pyridine rings is 1. The number of aryl methyl sites for hydroxylation is 1. The lowest BCUT2D eigenvalue weighted by atomic mass is 10.0. The summed E-state index contributed by atoms with van der Waals surface area (Å²) in [5.41, 5.74) is 1.79. The number of aliphatic hydroxyl groups excluding tert-OH is 1. The average molecular weight is 639 g/mol. The van der Waals surface area contributed by atoms with Crippen molar-refractivity contribution in [2.24, 2.45) is 0 Å². The lowest BCUT2D eigenvalue weighted by Crippen LogP contribution is -2.47. The molecule has 0 aliphatic carbocycles. The quantitative estimate of drug-likeness (QED) is 0.188. The van der Waals surface area contributed by atoms with Gasteiger partial charge in [0.05, 0.1) is 11.3 Å². The second-order valence-electron chi connectivity index (χ2n) is 12.2. The van der Waals surface area contributed by atoms with Gasteiger partial charge in [-0.2, -0.15) is 13.2 Å². The van der Waals surface area contributed by atoms with Crippen molar-refractivity contribution < 1.29 is 32.5 Å². The van der Waals surface area contributed by atoms with E-state index >= 15 is 0 Å². The molecule has 10 nitrogen and oxygen atoms in total. The molecule has 5 rings (SSSR count). The van der Waals surface area contributed by atoms with E-state index < -0.39 is 24.4 Å². The van der Waals surface area contributed by atoms with Crippen LogP contribution in [0.4, 0.5) is 29.6 Å². The number of aromatic nitrogens is 3. The molecule has 46 heavy (non-hydrogen) atoms. The molecule has 244 valence electrons. The molecule has 0 spiro atoms. The molecule has 2 unspecified atom stereocenters. The summed E-state index contributed by atoms with van der Waals surface area (Å²) in [6, 6.07) is 14.0. The van der Waals surface area contributed by atoms with Gasteiger partial charge < -0.3 is 30.1 Å². The molecule has 0 saturated carbocycles. The van der Waals surface area contributed by atoms with Crippen LogP contribution in [-0.2, 0) is 4.74 Å². The lowest BCUT2D eigenvalue weighted by molar-refractivity contribution is -0.198. The Morgan fingerprint density at radius 3 is 2.63 bits per heavy atom. The summed E-state index contributed by atoms with van der Waals surface area (Å²) in [7, 11) is 0. The first-order valence-electron chi connectivity index (χ1n) is 15.0. The van der Waals surface area contributed by atoms with Gasteiger partial charge in [-0.1, -0.05) is 24.3 Å². The number of hydrogen-bond acceptors (Lipinski definition) is 9. The minimum atomic E-state index is -4.73. The second kappa shape index (κ2) is 13.4. The van der Waals surface area contributed by atoms with Crippen molar-refractivity contribution in [2.75, 3.05) is 30.3 Å². The monoisotopic (exact) mass is 638 g/mol. The zero-order chi connectivity index (χ0) is 33.1. The van der Waals surface area contributed by atoms with Gasteiger partial charge in [-0.05, 0) is 70.4 Å². The van der Waals surface area contributed by atoms with E-state index in [0.29, 0.717) is 52.5 Å². The van der Waals surface area contributed by atoms with E-state index in [2.05, 4.69) is 20.6 Å². The van der Waals surface area contributed by atoms with Crippen LogP contribution in [0.15, 0.2) is 60.9 Å². The third-order valence-electron chi connectivity index (χ3n) is 7.38. The Morgan fingerprint density at radius 2 is 1.87 bits per heavy atom. The van der Waals surface area contributed by atoms with Gasteiger partial charge in [0.25, 0.3) is 0 Å². The van der Waals surface area contributed by atoms with Gasteiger partial charge in [-0.3, -0.25) is 0 Å². The van der Waals surface area contributed by atoms with Gasteiger partial charge in [-0.15, -0.1) is 0 Å². The van der Waals surface area contributed by atoms with E-state index in [1.165, 1.54) is 0 Å². The van der Waals surface area contributed by atoms with Crippen LogP contribution in [-0.4, -0.2) is 74.6 Å². The molecule has 3 N–H and O–H groups in total. The Hall–Kier alpha value is -4.65. The van der Waals surface area contributed by atoms with Crippen LogP contribution in [0.3, 0.4) is 0 Å². The number of ether oxygens (including phenoxy) is 2. The fourth-order valence-corrected chi connectivity index (χ4v) is 5.16. The van der Waals surface area contributed by atoms with Crippen molar-refractivity contribution in [3.8, 4) is 22.9 Å². The number of fused-ring (bicyclic) bond motifs is 1. The van der Waals surface area contributed by atoms with E-state index in [1.807, 2.05) is 45.9 Å². The van der Waals surface area contributed by atoms with E-state index in [4.69, 9.17) is 14.5 Å². The molecule has 2 atom stereocenters. The topological polar surface area (TPSA) is 122 Å². The third-order valence-corrected chi connectivity index (χ3v) is 7.38. The van der Waals surface area contributed by atoms with Crippen LogP contribution in [0.5, 0.6) is 11.6 Å². The van der Waals surface area contributed by atoms with Gasteiger partial charge in [0.1, 0.15) is 11.4 Å². The number of piperidine rings is 1. The van der Waals surface area contributed by atoms with E-state index in [9.17, 15) is 23.1 Å². The molecule has 1 fully saturated rings. The number of alkyl halides is 3. The molecule has 0 radical (unpaired) electrons. The molecule has 13 heteroatoms. The zero-order valence-electron chi connectivity index (χ0n) is 26.1. The van der Waals surface area contributed by atoms with E-state index in [0.717, 1.165) is 18.4 Å². The first-order valence-corrected chi connectivity index (χ1v) is 15.0. The highest BCUT2D eigenvalue weighted by Crippen LogP contribution is 2.39. The molecule has 1 saturated heterocycles. The number of amides is 1. The highest BCUT2D eigenvalue weighted by molar-refractivity contribution is 5.98. The number of rotatable bonds is 8. The van der Waals surface area contributed by atoms with Crippen molar-refractivity contribution in [3.05, 3.63) is 66.5 Å². The van der Waals surface area contributed by atoms with Gasteiger partial charge in [0, 0.05) is 54.5 Å². The Bertz CT molecular complexity index is 1690. The highest BCUT2D eigenvalue weighted by Gasteiger charge is 2.38. The number of aliphatic hydroxyl groups is 1. The molecule has 0 bridgehead atoms. The molecule has 1 aliphatic heterocycles. The molecule has 2 aromatic heterocycles. The Labute approximate surface area is 265 Å². The number of anilines is 2. The summed E-state index contributed by atoms with van der Waals surface area (Å²) >= 11 is 0. The second-order valence-corrected chi connectivity index (χ2v) is 12.2. The molecule has 1 amide bonds. The van der Waals surface area contributed by atoms with Gasteiger partial charge in [-0.25, -0.2) is 19.7 Å². The van der Waals surface area contributed by atoms with Gasteiger partial charge in [0.2, 0.25) is 11.8 Å². The van der Waals surface area contributed by atoms with Crippen LogP contribution in [0.2, 0.25) is 0 Å². The first-order chi connectivity index (χ1) is 21.8. The number of hydrogen-bond donors (Lipinski definition) is 3. The fraction of sp³-hybridized carbons (Fsp3) is 0.394. The summed E-state index contributed by atoms with van der Waals surface area (Å²) in [5, 5.41) is 16.8. The minimum Gasteiger partial charge on any atom is -0.444 e. The standard InChI is InChI=1S/C33H37F3N6O4/c1-20-12-13-22-23(9-5-11-25(22)39-18-27(43)33(34,35)36)28(20)45-29-24(10-6-15-37-29)26-14-16-38-30(41-26)40-21-8-7-17-42(19-21)31(44)46-32(2,3)4/h5-6,9-16,21,27,39,43H,7-8,17-19H2,1-4H3,(H,38,40,41). The zero-order valence-corrected chi connectivity index (χ0v) is 26.1. The summed E-state index contributed by atoms with van der Waals surface area (Å²) in [4.78, 5) is 27.9. The van der Waals surface area contributed by atoms with Crippen molar-refractivity contribution in [1.82, 2.24) is 19.9 Å². The molecular weight excluding hydrogens is 601 g/mol. The fourth-order valence-electron chi connectivity index (χ4n) is 5.16. The van der Waals surface area contributed by atoms with Gasteiger partial charge in [0.15, 0.2) is 6.10 Å². The number of benzene rings is 2. The van der Waals surface area contributed by atoms with E-state index in [-0.39, 0.29) is 18.0 Å². The van der Waals surface area contributed by atoms with Crippen LogP contribution < -0.4 is 15.4 Å². The number of nitrogens with zero attached hydrogens (tertiary/aromatic N) is 4. The SMILES string of the molecule is Cc1ccc2c(NCC(O)C(F)(F)F)cccc2c1Oc1ncccc1-c1ccnc(NC2CCCN(C(=O)OC(C)(C)C)C2)n1. The van der Waals surface area contributed by atoms with Crippen molar-refractivity contribution >= 4 is 28.5 Å². The highest BCUT2D eigenvalue weighted by atomic mass is 19.4. The largest absolute Gasteiger partial charge is 0.444 e. The third kappa shape index (κ3) is 7.94. The number of likely N-dealkylation sites (tertiary alicyclic amines) is 1. The Balaban J connectivity index is 1.37. The summed E-state index contributed by atoms with van der Waals surface area (Å²) in [6.45, 7) is 7.76. The molecule has 2 aromatic carbocycles. The number of carbonyl (C=O) groups excluding carboxylic acids is 1. The van der Waals surface area contributed by atoms with Gasteiger partial charge >= 0.3 is 12.3 Å². The maximum absolute atomic E-state index is 12.9. The first kappa shape index (κ1) is 32.7. The van der Waals surface area contributed by atoms with E-state index in [1.54, 1.807) is 47.6 Å². The summed E-state index contributed by atoms with van der Waals surface area (Å²) < 4.78 is 50.6. The predicted octanol–water partition coefficient (Wildman–Crippen LogP) is 6.94. The molecule has 4 aromatic rings. The van der Waals surface area contributed by atoms with Crippen molar-refractivity contribution in [2.45, 2.75) is 64.5 Å². The summed E-state index contributed by atoms with van der Waals surface area (Å²) in [5.74, 6) is 1.15. The lowest BCUT2D eigenvalue weighted by Gasteiger charge is -2.34. The Kier molecular flexibility index (Phi) is 9.52. The van der Waals surface area contributed by atoms with Crippen LogP contribution in [0.25, 0.3) is 22.0 Å². The van der Waals surface area contributed by atoms with Crippen LogP contribution in [0, 0.1) is 6.92 Å². The predicted molar refractivity (Wildman–Crippen MR) is 169 cm³/mol. The van der Waals surface area contributed by atoms with Crippen molar-refractivity contribution in [3.63, 3.8) is 0 Å². The maximum Gasteiger partial charge on any atom is 0.416 e. The smallest absolute Gasteiger partial charge is 0.416 e. The van der Waals surface area contributed by atoms with Crippen LogP contribution >= 0.6 is 0 Å². The van der Waals surface area contributed by atoms with Crippen LogP contribution in [0.1, 0.15) is 39.2 Å². The molecule has 3 heterocycles. The molecular formula is C33H37F3N6O4. The average Bonchev–Trinajstić information content (AvgIpc) is 3.00. The number of halogens is 3.